The van der Waals surface area contributed by atoms with Crippen LogP contribution in [0.3, 0.4) is 0 Å². The van der Waals surface area contributed by atoms with Crippen molar-refractivity contribution in [2.75, 3.05) is 6.61 Å². The summed E-state index contributed by atoms with van der Waals surface area (Å²) in [5.41, 5.74) is 1.03. The lowest BCUT2D eigenvalue weighted by Gasteiger charge is -2.05. The summed E-state index contributed by atoms with van der Waals surface area (Å²) in [6, 6.07) is 7.33. The van der Waals surface area contributed by atoms with E-state index in [4.69, 9.17) is 4.74 Å². The SMILES string of the molecule is CCOc1cccc(/C=C(/CC(C)C)[N+](=O)[O-])c1. The van der Waals surface area contributed by atoms with Crippen LogP contribution < -0.4 is 4.74 Å². The van der Waals surface area contributed by atoms with Gasteiger partial charge in [-0.2, -0.15) is 0 Å². The molecule has 0 amide bonds. The third-order valence-corrected chi connectivity index (χ3v) is 2.35. The van der Waals surface area contributed by atoms with E-state index >= 15 is 0 Å². The van der Waals surface area contributed by atoms with E-state index in [1.165, 1.54) is 0 Å². The van der Waals surface area contributed by atoms with Gasteiger partial charge in [-0.05, 0) is 30.5 Å². The highest BCUT2D eigenvalue weighted by Crippen LogP contribution is 2.19. The van der Waals surface area contributed by atoms with Crippen LogP contribution in [-0.2, 0) is 0 Å². The summed E-state index contributed by atoms with van der Waals surface area (Å²) in [5.74, 6) is 0.996. The van der Waals surface area contributed by atoms with Gasteiger partial charge in [-0.15, -0.1) is 0 Å². The Kier molecular flexibility index (Phi) is 5.36. The molecule has 0 bridgehead atoms. The molecule has 0 heterocycles. The number of nitro groups is 1. The van der Waals surface area contributed by atoms with Crippen molar-refractivity contribution in [2.24, 2.45) is 5.92 Å². The van der Waals surface area contributed by atoms with Crippen molar-refractivity contribution in [1.29, 1.82) is 0 Å². The van der Waals surface area contributed by atoms with E-state index in [0.717, 1.165) is 11.3 Å². The highest BCUT2D eigenvalue weighted by atomic mass is 16.6. The first-order valence-corrected chi connectivity index (χ1v) is 6.10. The van der Waals surface area contributed by atoms with Gasteiger partial charge in [0.25, 0.3) is 0 Å². The quantitative estimate of drug-likeness (QED) is 0.570. The summed E-state index contributed by atoms with van der Waals surface area (Å²) in [6.07, 6.45) is 2.08. The van der Waals surface area contributed by atoms with Gasteiger partial charge in [0.2, 0.25) is 5.70 Å². The van der Waals surface area contributed by atoms with E-state index in [9.17, 15) is 10.1 Å². The van der Waals surface area contributed by atoms with Crippen molar-refractivity contribution >= 4 is 6.08 Å². The molecular formula is C14H19NO3. The Morgan fingerprint density at radius 2 is 2.22 bits per heavy atom. The van der Waals surface area contributed by atoms with E-state index in [2.05, 4.69) is 0 Å². The number of benzene rings is 1. The molecule has 98 valence electrons. The van der Waals surface area contributed by atoms with Crippen molar-refractivity contribution in [3.05, 3.63) is 45.6 Å². The summed E-state index contributed by atoms with van der Waals surface area (Å²) < 4.78 is 5.37. The lowest BCUT2D eigenvalue weighted by molar-refractivity contribution is -0.427. The summed E-state index contributed by atoms with van der Waals surface area (Å²) in [7, 11) is 0. The fourth-order valence-corrected chi connectivity index (χ4v) is 1.66. The van der Waals surface area contributed by atoms with Crippen LogP contribution in [0.25, 0.3) is 6.08 Å². The molecule has 0 aliphatic carbocycles. The van der Waals surface area contributed by atoms with Crippen molar-refractivity contribution < 1.29 is 9.66 Å². The minimum Gasteiger partial charge on any atom is -0.494 e. The standard InChI is InChI=1S/C14H19NO3/c1-4-18-14-7-5-6-12(10-14)9-13(15(16)17)8-11(2)3/h5-7,9-11H,4,8H2,1-3H3/b13-9-. The molecule has 4 heteroatoms. The van der Waals surface area contributed by atoms with Crippen LogP contribution in [0.5, 0.6) is 5.75 Å². The monoisotopic (exact) mass is 249 g/mol. The molecule has 0 unspecified atom stereocenters. The lowest BCUT2D eigenvalue weighted by Crippen LogP contribution is -2.02. The highest BCUT2D eigenvalue weighted by Gasteiger charge is 2.12. The number of ether oxygens (including phenoxy) is 1. The Balaban J connectivity index is 2.96. The van der Waals surface area contributed by atoms with Crippen LogP contribution in [0, 0.1) is 16.0 Å². The molecule has 0 aliphatic rings. The molecule has 0 spiro atoms. The number of nitrogens with zero attached hydrogens (tertiary/aromatic N) is 1. The zero-order valence-electron chi connectivity index (χ0n) is 11.1. The number of rotatable bonds is 6. The second kappa shape index (κ2) is 6.79. The fraction of sp³-hybridized carbons (Fsp3) is 0.429. The van der Waals surface area contributed by atoms with Crippen molar-refractivity contribution in [1.82, 2.24) is 0 Å². The van der Waals surface area contributed by atoms with Crippen LogP contribution in [0.15, 0.2) is 30.0 Å². The van der Waals surface area contributed by atoms with Gasteiger partial charge in [0.15, 0.2) is 0 Å². The largest absolute Gasteiger partial charge is 0.494 e. The Morgan fingerprint density at radius 3 is 2.78 bits per heavy atom. The van der Waals surface area contributed by atoms with E-state index in [0.29, 0.717) is 13.0 Å². The molecule has 0 saturated heterocycles. The van der Waals surface area contributed by atoms with Crippen molar-refractivity contribution in [3.63, 3.8) is 0 Å². The molecule has 0 N–H and O–H groups in total. The minimum atomic E-state index is -0.312. The van der Waals surface area contributed by atoms with E-state index in [-0.39, 0.29) is 16.5 Å². The average Bonchev–Trinajstić information content (AvgIpc) is 2.28. The molecular weight excluding hydrogens is 230 g/mol. The van der Waals surface area contributed by atoms with E-state index in [1.807, 2.05) is 45.0 Å². The normalized spacial score (nSPS) is 11.7. The molecule has 0 radical (unpaired) electrons. The van der Waals surface area contributed by atoms with Crippen LogP contribution >= 0.6 is 0 Å². The van der Waals surface area contributed by atoms with Gasteiger partial charge in [-0.25, -0.2) is 0 Å². The maximum absolute atomic E-state index is 11.0. The molecule has 1 aromatic carbocycles. The lowest BCUT2D eigenvalue weighted by atomic mass is 10.1. The van der Waals surface area contributed by atoms with Gasteiger partial charge in [0.1, 0.15) is 5.75 Å². The van der Waals surface area contributed by atoms with E-state index in [1.54, 1.807) is 6.08 Å². The highest BCUT2D eigenvalue weighted by molar-refractivity contribution is 5.53. The molecule has 1 aromatic rings. The van der Waals surface area contributed by atoms with Gasteiger partial charge in [-0.1, -0.05) is 26.0 Å². The molecule has 18 heavy (non-hydrogen) atoms. The predicted molar refractivity (Wildman–Crippen MR) is 72.0 cm³/mol. The van der Waals surface area contributed by atoms with Gasteiger partial charge in [-0.3, -0.25) is 10.1 Å². The second-order valence-electron chi connectivity index (χ2n) is 4.50. The Bertz CT molecular complexity index is 438. The molecule has 1 rings (SSSR count). The summed E-state index contributed by atoms with van der Waals surface area (Å²) in [5, 5.41) is 11.0. The van der Waals surface area contributed by atoms with Crippen molar-refractivity contribution in [3.8, 4) is 5.75 Å². The first kappa shape index (κ1) is 14.2. The van der Waals surface area contributed by atoms with Crippen LogP contribution in [-0.4, -0.2) is 11.5 Å². The maximum Gasteiger partial charge on any atom is 0.247 e. The smallest absolute Gasteiger partial charge is 0.247 e. The zero-order valence-corrected chi connectivity index (χ0v) is 11.1. The van der Waals surface area contributed by atoms with Gasteiger partial charge in [0, 0.05) is 12.5 Å². The number of allylic oxidation sites excluding steroid dienone is 1. The second-order valence-corrected chi connectivity index (χ2v) is 4.50. The molecule has 0 saturated carbocycles. The summed E-state index contributed by atoms with van der Waals surface area (Å²) >= 11 is 0. The topological polar surface area (TPSA) is 52.4 Å². The predicted octanol–water partition coefficient (Wildman–Crippen LogP) is 3.75. The van der Waals surface area contributed by atoms with Gasteiger partial charge >= 0.3 is 0 Å². The van der Waals surface area contributed by atoms with Crippen molar-refractivity contribution in [2.45, 2.75) is 27.2 Å². The first-order valence-electron chi connectivity index (χ1n) is 6.10. The molecule has 0 atom stereocenters. The average molecular weight is 249 g/mol. The summed E-state index contributed by atoms with van der Waals surface area (Å²) in [6.45, 7) is 6.42. The molecule has 4 nitrogen and oxygen atoms in total. The minimum absolute atomic E-state index is 0.235. The molecule has 0 aliphatic heterocycles. The third-order valence-electron chi connectivity index (χ3n) is 2.35. The van der Waals surface area contributed by atoms with Crippen LogP contribution in [0.1, 0.15) is 32.8 Å². The van der Waals surface area contributed by atoms with Crippen LogP contribution in [0.4, 0.5) is 0 Å². The first-order chi connectivity index (χ1) is 8.52. The molecule has 0 aromatic heterocycles. The number of hydrogen-bond donors (Lipinski definition) is 0. The Labute approximate surface area is 107 Å². The van der Waals surface area contributed by atoms with Crippen LogP contribution in [0.2, 0.25) is 0 Å². The molecule has 0 fully saturated rings. The summed E-state index contributed by atoms with van der Waals surface area (Å²) in [4.78, 5) is 10.6. The van der Waals surface area contributed by atoms with Gasteiger partial charge in [0.05, 0.1) is 11.5 Å². The zero-order chi connectivity index (χ0) is 13.5. The maximum atomic E-state index is 11.0. The number of hydrogen-bond acceptors (Lipinski definition) is 3. The fourth-order valence-electron chi connectivity index (χ4n) is 1.66. The van der Waals surface area contributed by atoms with E-state index < -0.39 is 0 Å². The Morgan fingerprint density at radius 1 is 1.50 bits per heavy atom. The third kappa shape index (κ3) is 4.57. The Hall–Kier alpha value is -1.84. The van der Waals surface area contributed by atoms with Gasteiger partial charge < -0.3 is 4.74 Å².